The van der Waals surface area contributed by atoms with E-state index in [9.17, 15) is 4.79 Å². The molecule has 1 amide bonds. The fourth-order valence-corrected chi connectivity index (χ4v) is 2.77. The van der Waals surface area contributed by atoms with Crippen molar-refractivity contribution in [3.8, 4) is 0 Å². The van der Waals surface area contributed by atoms with E-state index < -0.39 is 0 Å². The van der Waals surface area contributed by atoms with Crippen LogP contribution in [-0.2, 0) is 4.79 Å². The van der Waals surface area contributed by atoms with Crippen LogP contribution in [0, 0.1) is 11.8 Å². The lowest BCUT2D eigenvalue weighted by Crippen LogP contribution is -2.43. The first-order valence-electron chi connectivity index (χ1n) is 6.77. The molecule has 4 N–H and O–H groups in total. The van der Waals surface area contributed by atoms with Gasteiger partial charge < -0.3 is 11.5 Å². The number of hydrogen-bond acceptors (Lipinski definition) is 3. The van der Waals surface area contributed by atoms with Gasteiger partial charge in [0.25, 0.3) is 0 Å². The van der Waals surface area contributed by atoms with Crippen LogP contribution < -0.4 is 11.5 Å². The molecule has 0 saturated carbocycles. The van der Waals surface area contributed by atoms with E-state index in [0.717, 1.165) is 24.9 Å². The van der Waals surface area contributed by atoms with Gasteiger partial charge in [-0.05, 0) is 44.2 Å². The number of carbonyl (C=O) groups excluding carboxylic acids is 1. The molecule has 0 aromatic carbocycles. The van der Waals surface area contributed by atoms with Crippen molar-refractivity contribution in [2.24, 2.45) is 23.3 Å². The fraction of sp³-hybridized carbons (Fsp3) is 0.923. The highest BCUT2D eigenvalue weighted by Gasteiger charge is 2.24. The summed E-state index contributed by atoms with van der Waals surface area (Å²) in [6.45, 7) is 7.22. The zero-order chi connectivity index (χ0) is 12.8. The molecule has 2 atom stereocenters. The Morgan fingerprint density at radius 1 is 1.35 bits per heavy atom. The minimum Gasteiger partial charge on any atom is -0.370 e. The number of amides is 1. The summed E-state index contributed by atoms with van der Waals surface area (Å²) in [5, 5.41) is 0. The zero-order valence-corrected chi connectivity index (χ0v) is 11.2. The van der Waals surface area contributed by atoms with Gasteiger partial charge in [-0.2, -0.15) is 0 Å². The Labute approximate surface area is 105 Å². The molecule has 4 nitrogen and oxygen atoms in total. The van der Waals surface area contributed by atoms with Gasteiger partial charge >= 0.3 is 0 Å². The van der Waals surface area contributed by atoms with Gasteiger partial charge in [-0.25, -0.2) is 0 Å². The number of hydrogen-bond donors (Lipinski definition) is 2. The highest BCUT2D eigenvalue weighted by Crippen LogP contribution is 2.25. The number of nitrogens with zero attached hydrogens (tertiary/aromatic N) is 1. The Morgan fingerprint density at radius 2 is 2.06 bits per heavy atom. The SMILES string of the molecule is CC(C)C1CCCN(C(CN)CC(N)=O)CC1. The van der Waals surface area contributed by atoms with Crippen LogP contribution in [0.1, 0.15) is 39.5 Å². The van der Waals surface area contributed by atoms with Crippen molar-refractivity contribution in [1.29, 1.82) is 0 Å². The van der Waals surface area contributed by atoms with Crippen LogP contribution in [-0.4, -0.2) is 36.5 Å². The highest BCUT2D eigenvalue weighted by molar-refractivity contribution is 5.74. The van der Waals surface area contributed by atoms with E-state index in [2.05, 4.69) is 18.7 Å². The van der Waals surface area contributed by atoms with Crippen LogP contribution in [0.5, 0.6) is 0 Å². The molecule has 1 fully saturated rings. The van der Waals surface area contributed by atoms with E-state index >= 15 is 0 Å². The van der Waals surface area contributed by atoms with Crippen molar-refractivity contribution in [2.45, 2.75) is 45.6 Å². The van der Waals surface area contributed by atoms with Crippen LogP contribution >= 0.6 is 0 Å². The van der Waals surface area contributed by atoms with Gasteiger partial charge in [-0.15, -0.1) is 0 Å². The molecular formula is C13H27N3O. The first kappa shape index (κ1) is 14.5. The minimum absolute atomic E-state index is 0.137. The second kappa shape index (κ2) is 6.97. The zero-order valence-electron chi connectivity index (χ0n) is 11.2. The lowest BCUT2D eigenvalue weighted by atomic mass is 9.89. The second-order valence-corrected chi connectivity index (χ2v) is 5.53. The molecule has 0 aromatic rings. The van der Waals surface area contributed by atoms with Crippen LogP contribution in [0.3, 0.4) is 0 Å². The maximum Gasteiger partial charge on any atom is 0.219 e. The molecule has 0 radical (unpaired) electrons. The molecule has 1 rings (SSSR count). The van der Waals surface area contributed by atoms with Gasteiger partial charge in [0.1, 0.15) is 0 Å². The number of primary amides is 1. The standard InChI is InChI=1S/C13H27N3O/c1-10(2)11-4-3-6-16(7-5-11)12(9-14)8-13(15)17/h10-12H,3-9,14H2,1-2H3,(H2,15,17). The Balaban J connectivity index is 2.51. The molecule has 4 heteroatoms. The molecule has 17 heavy (non-hydrogen) atoms. The summed E-state index contributed by atoms with van der Waals surface area (Å²) in [6, 6.07) is 0.137. The average molecular weight is 241 g/mol. The van der Waals surface area contributed by atoms with Crippen molar-refractivity contribution in [2.75, 3.05) is 19.6 Å². The number of rotatable bonds is 5. The summed E-state index contributed by atoms with van der Waals surface area (Å²) in [4.78, 5) is 13.4. The van der Waals surface area contributed by atoms with Crippen LogP contribution in [0.4, 0.5) is 0 Å². The maximum absolute atomic E-state index is 11.0. The van der Waals surface area contributed by atoms with Crippen molar-refractivity contribution >= 4 is 5.91 Å². The lowest BCUT2D eigenvalue weighted by Gasteiger charge is -2.29. The van der Waals surface area contributed by atoms with E-state index in [-0.39, 0.29) is 11.9 Å². The van der Waals surface area contributed by atoms with Gasteiger partial charge in [0.15, 0.2) is 0 Å². The lowest BCUT2D eigenvalue weighted by molar-refractivity contribution is -0.119. The van der Waals surface area contributed by atoms with Crippen LogP contribution in [0.25, 0.3) is 0 Å². The third kappa shape index (κ3) is 4.64. The van der Waals surface area contributed by atoms with Crippen molar-refractivity contribution in [3.05, 3.63) is 0 Å². The molecule has 0 spiro atoms. The smallest absolute Gasteiger partial charge is 0.219 e. The number of nitrogens with two attached hydrogens (primary N) is 2. The Bertz CT molecular complexity index is 243. The molecule has 0 aromatic heterocycles. The first-order valence-corrected chi connectivity index (χ1v) is 6.77. The first-order chi connectivity index (χ1) is 8.04. The number of carbonyl (C=O) groups is 1. The molecule has 1 aliphatic rings. The maximum atomic E-state index is 11.0. The Kier molecular flexibility index (Phi) is 5.92. The summed E-state index contributed by atoms with van der Waals surface area (Å²) in [5.41, 5.74) is 11.0. The summed E-state index contributed by atoms with van der Waals surface area (Å²) >= 11 is 0. The van der Waals surface area contributed by atoms with E-state index in [1.54, 1.807) is 0 Å². The normalized spacial score (nSPS) is 24.6. The minimum atomic E-state index is -0.245. The fourth-order valence-electron chi connectivity index (χ4n) is 2.77. The van der Waals surface area contributed by atoms with Gasteiger partial charge in [0.2, 0.25) is 5.91 Å². The van der Waals surface area contributed by atoms with E-state index in [4.69, 9.17) is 11.5 Å². The van der Waals surface area contributed by atoms with E-state index in [1.165, 1.54) is 19.3 Å². The van der Waals surface area contributed by atoms with Crippen molar-refractivity contribution in [1.82, 2.24) is 4.90 Å². The molecule has 0 bridgehead atoms. The predicted octanol–water partition coefficient (Wildman–Crippen LogP) is 0.947. The van der Waals surface area contributed by atoms with Gasteiger partial charge in [0.05, 0.1) is 0 Å². The van der Waals surface area contributed by atoms with E-state index in [1.807, 2.05) is 0 Å². The monoisotopic (exact) mass is 241 g/mol. The summed E-state index contributed by atoms with van der Waals surface area (Å²) in [5.74, 6) is 1.32. The quantitative estimate of drug-likeness (QED) is 0.752. The average Bonchev–Trinajstić information content (AvgIpc) is 2.51. The second-order valence-electron chi connectivity index (χ2n) is 5.53. The molecule has 2 unspecified atom stereocenters. The molecule has 1 heterocycles. The summed E-state index contributed by atoms with van der Waals surface area (Å²) in [6.07, 6.45) is 4.11. The number of likely N-dealkylation sites (tertiary alicyclic amines) is 1. The van der Waals surface area contributed by atoms with Gasteiger partial charge in [-0.3, -0.25) is 9.69 Å². The molecule has 0 aliphatic carbocycles. The topological polar surface area (TPSA) is 72.3 Å². The highest BCUT2D eigenvalue weighted by atomic mass is 16.1. The molecule has 100 valence electrons. The van der Waals surface area contributed by atoms with E-state index in [0.29, 0.717) is 13.0 Å². The summed E-state index contributed by atoms with van der Waals surface area (Å²) < 4.78 is 0. The molecule has 1 saturated heterocycles. The largest absolute Gasteiger partial charge is 0.370 e. The van der Waals surface area contributed by atoms with Crippen molar-refractivity contribution in [3.63, 3.8) is 0 Å². The van der Waals surface area contributed by atoms with Crippen molar-refractivity contribution < 1.29 is 4.79 Å². The van der Waals surface area contributed by atoms with Crippen LogP contribution in [0.15, 0.2) is 0 Å². The molecular weight excluding hydrogens is 214 g/mol. The predicted molar refractivity (Wildman–Crippen MR) is 70.4 cm³/mol. The molecule has 1 aliphatic heterocycles. The Hall–Kier alpha value is -0.610. The van der Waals surface area contributed by atoms with Crippen LogP contribution in [0.2, 0.25) is 0 Å². The van der Waals surface area contributed by atoms with Gasteiger partial charge in [0, 0.05) is 19.0 Å². The third-order valence-electron chi connectivity index (χ3n) is 3.98. The Morgan fingerprint density at radius 3 is 2.59 bits per heavy atom. The van der Waals surface area contributed by atoms with Gasteiger partial charge in [-0.1, -0.05) is 13.8 Å². The summed E-state index contributed by atoms with van der Waals surface area (Å²) in [7, 11) is 0. The third-order valence-corrected chi connectivity index (χ3v) is 3.98.